The van der Waals surface area contributed by atoms with Crippen molar-refractivity contribution in [2.24, 2.45) is 17.6 Å². The molecular formula is C29H34Cl2N4O9S. The number of halogens is 2. The SMILES string of the molecule is CC1c2ccc(NC(=O)CNCc3cccs3)c(O)c2C(=O)C2=C(O)C3(O)C(=O)C(C(N)=O)=C(O)[C@@H](N(C)C)C3C(O)C21.Cl.Cl. The number of primary amides is 1. The van der Waals surface area contributed by atoms with Crippen molar-refractivity contribution in [1.82, 2.24) is 10.2 Å². The molecule has 0 saturated heterocycles. The fraction of sp³-hybridized carbons (Fsp3) is 0.379. The number of rotatable bonds is 7. The Hall–Kier alpha value is -3.50. The van der Waals surface area contributed by atoms with E-state index in [2.05, 4.69) is 10.6 Å². The van der Waals surface area contributed by atoms with E-state index in [1.54, 1.807) is 6.92 Å². The number of aromatic hydroxyl groups is 1. The lowest BCUT2D eigenvalue weighted by atomic mass is 9.55. The first-order chi connectivity index (χ1) is 20.2. The molecule has 5 rings (SSSR count). The number of nitrogens with two attached hydrogens (primary N) is 1. The highest BCUT2D eigenvalue weighted by Gasteiger charge is 2.67. The predicted molar refractivity (Wildman–Crippen MR) is 169 cm³/mol. The molecule has 0 fully saturated rings. The minimum Gasteiger partial charge on any atom is -0.510 e. The van der Waals surface area contributed by atoms with Gasteiger partial charge in [0.05, 0.1) is 35.9 Å². The van der Waals surface area contributed by atoms with Crippen molar-refractivity contribution in [1.29, 1.82) is 0 Å². The maximum atomic E-state index is 13.9. The van der Waals surface area contributed by atoms with Gasteiger partial charge in [0.1, 0.15) is 17.1 Å². The third kappa shape index (κ3) is 5.50. The van der Waals surface area contributed by atoms with Gasteiger partial charge < -0.3 is 41.9 Å². The van der Waals surface area contributed by atoms with E-state index in [1.165, 1.54) is 42.5 Å². The number of phenols is 1. The van der Waals surface area contributed by atoms with Crippen molar-refractivity contribution in [3.8, 4) is 5.75 Å². The number of likely N-dealkylation sites (N-methyl/N-ethyl adjacent to an activating group) is 1. The first-order valence-electron chi connectivity index (χ1n) is 13.4. The van der Waals surface area contributed by atoms with Crippen molar-refractivity contribution >= 4 is 65.2 Å². The zero-order valence-electron chi connectivity index (χ0n) is 24.3. The number of anilines is 1. The lowest BCUT2D eigenvalue weighted by Gasteiger charge is -2.53. The average molecular weight is 686 g/mol. The normalized spacial score (nSPS) is 27.2. The Balaban J connectivity index is 0.00000276. The van der Waals surface area contributed by atoms with Gasteiger partial charge in [-0.15, -0.1) is 36.2 Å². The van der Waals surface area contributed by atoms with Gasteiger partial charge in [0.25, 0.3) is 5.91 Å². The molecule has 0 spiro atoms. The van der Waals surface area contributed by atoms with Gasteiger partial charge in [-0.2, -0.15) is 0 Å². The Morgan fingerprint density at radius 1 is 1.11 bits per heavy atom. The van der Waals surface area contributed by atoms with Crippen LogP contribution in [0, 0.1) is 11.8 Å². The number of thiophene rings is 1. The third-order valence-electron chi connectivity index (χ3n) is 8.57. The minimum atomic E-state index is -3.00. The Kier molecular flexibility index (Phi) is 10.5. The van der Waals surface area contributed by atoms with E-state index in [1.807, 2.05) is 17.5 Å². The van der Waals surface area contributed by atoms with E-state index in [0.29, 0.717) is 12.1 Å². The molecule has 0 radical (unpaired) electrons. The van der Waals surface area contributed by atoms with Crippen LogP contribution < -0.4 is 16.4 Å². The zero-order valence-corrected chi connectivity index (χ0v) is 26.8. The Morgan fingerprint density at radius 3 is 2.36 bits per heavy atom. The summed E-state index contributed by atoms with van der Waals surface area (Å²) in [4.78, 5) is 54.5. The molecule has 1 aromatic carbocycles. The van der Waals surface area contributed by atoms with Crippen LogP contribution in [-0.2, 0) is 20.9 Å². The quantitative estimate of drug-likeness (QED) is 0.153. The second-order valence-corrected chi connectivity index (χ2v) is 12.2. The summed E-state index contributed by atoms with van der Waals surface area (Å²) in [5, 5.41) is 64.3. The molecule has 6 atom stereocenters. The molecule has 16 heteroatoms. The molecule has 1 aromatic heterocycles. The van der Waals surface area contributed by atoms with E-state index < -0.39 is 87.3 Å². The number of fused-ring (bicyclic) bond motifs is 3. The zero-order chi connectivity index (χ0) is 31.5. The molecule has 2 aromatic rings. The maximum absolute atomic E-state index is 13.9. The van der Waals surface area contributed by atoms with E-state index in [4.69, 9.17) is 5.73 Å². The second kappa shape index (κ2) is 13.1. The van der Waals surface area contributed by atoms with Gasteiger partial charge in [0.2, 0.25) is 11.7 Å². The number of nitrogens with one attached hydrogen (secondary N) is 2. The molecule has 244 valence electrons. The van der Waals surface area contributed by atoms with Gasteiger partial charge in [-0.25, -0.2) is 0 Å². The predicted octanol–water partition coefficient (Wildman–Crippen LogP) is 1.29. The Bertz CT molecular complexity index is 1610. The number of carbonyl (C=O) groups is 4. The molecule has 45 heavy (non-hydrogen) atoms. The van der Waals surface area contributed by atoms with E-state index in [0.717, 1.165) is 4.88 Å². The molecule has 13 nitrogen and oxygen atoms in total. The van der Waals surface area contributed by atoms with Crippen LogP contribution in [0.25, 0.3) is 0 Å². The number of nitrogens with zero attached hydrogens (tertiary/aromatic N) is 1. The highest BCUT2D eigenvalue weighted by atomic mass is 35.5. The lowest BCUT2D eigenvalue weighted by Crippen LogP contribution is -2.68. The van der Waals surface area contributed by atoms with Crippen LogP contribution in [-0.4, -0.2) is 92.2 Å². The molecule has 0 saturated carbocycles. The van der Waals surface area contributed by atoms with Gasteiger partial charge in [0.15, 0.2) is 17.1 Å². The van der Waals surface area contributed by atoms with Crippen LogP contribution in [0.1, 0.15) is 33.6 Å². The molecular weight excluding hydrogens is 651 g/mol. The van der Waals surface area contributed by atoms with E-state index in [-0.39, 0.29) is 42.6 Å². The molecule has 1 heterocycles. The molecule has 0 aliphatic heterocycles. The monoisotopic (exact) mass is 684 g/mol. The summed E-state index contributed by atoms with van der Waals surface area (Å²) in [5.74, 6) is -10.3. The van der Waals surface area contributed by atoms with Crippen LogP contribution in [0.5, 0.6) is 5.75 Å². The number of hydrogen-bond donors (Lipinski definition) is 8. The average Bonchev–Trinajstić information content (AvgIpc) is 3.45. The van der Waals surface area contributed by atoms with Crippen molar-refractivity contribution in [2.75, 3.05) is 26.0 Å². The van der Waals surface area contributed by atoms with Gasteiger partial charge >= 0.3 is 0 Å². The third-order valence-corrected chi connectivity index (χ3v) is 9.45. The molecule has 3 aliphatic carbocycles. The highest BCUT2D eigenvalue weighted by molar-refractivity contribution is 7.09. The largest absolute Gasteiger partial charge is 0.510 e. The van der Waals surface area contributed by atoms with Gasteiger partial charge in [-0.05, 0) is 43.1 Å². The van der Waals surface area contributed by atoms with Gasteiger partial charge in [-0.1, -0.05) is 19.1 Å². The first-order valence-corrected chi connectivity index (χ1v) is 14.3. The molecule has 2 amide bonds. The Labute approximate surface area is 274 Å². The van der Waals surface area contributed by atoms with Crippen molar-refractivity contribution < 1.29 is 44.7 Å². The summed E-state index contributed by atoms with van der Waals surface area (Å²) in [7, 11) is 2.93. The summed E-state index contributed by atoms with van der Waals surface area (Å²) in [5.41, 5.74) is 0.769. The van der Waals surface area contributed by atoms with Crippen LogP contribution >= 0.6 is 36.2 Å². The van der Waals surface area contributed by atoms with Crippen LogP contribution in [0.3, 0.4) is 0 Å². The fourth-order valence-electron chi connectivity index (χ4n) is 6.63. The summed E-state index contributed by atoms with van der Waals surface area (Å²) in [6.45, 7) is 1.99. The van der Waals surface area contributed by atoms with Crippen LogP contribution in [0.2, 0.25) is 0 Å². The number of hydrogen-bond acceptors (Lipinski definition) is 12. The number of Topliss-reactive ketones (excluding diaryl/α,β-unsaturated/α-hetero) is 2. The summed E-state index contributed by atoms with van der Waals surface area (Å²) >= 11 is 1.52. The van der Waals surface area contributed by atoms with Crippen molar-refractivity contribution in [3.05, 3.63) is 68.3 Å². The number of ketones is 2. The number of carbonyl (C=O) groups excluding carboxylic acids is 4. The highest BCUT2D eigenvalue weighted by Crippen LogP contribution is 2.56. The Morgan fingerprint density at radius 2 is 1.78 bits per heavy atom. The number of phenolic OH excluding ortho intramolecular Hbond substituents is 1. The van der Waals surface area contributed by atoms with E-state index in [9.17, 15) is 44.7 Å². The van der Waals surface area contributed by atoms with Crippen LogP contribution in [0.4, 0.5) is 5.69 Å². The molecule has 0 bridgehead atoms. The fourth-order valence-corrected chi connectivity index (χ4v) is 7.30. The number of benzene rings is 1. The lowest BCUT2D eigenvalue weighted by molar-refractivity contribution is -0.162. The van der Waals surface area contributed by atoms with Gasteiger partial charge in [0, 0.05) is 22.9 Å². The number of aliphatic hydroxyl groups excluding tert-OH is 3. The molecule has 3 aliphatic rings. The summed E-state index contributed by atoms with van der Waals surface area (Å²) in [6.07, 6.45) is -1.69. The molecule has 5 unspecified atom stereocenters. The summed E-state index contributed by atoms with van der Waals surface area (Å²) < 4.78 is 0. The standard InChI is InChI=1S/C29H32N4O9S.2ClH/c1-11-13-6-7-14(32-15(34)10-31-9-12-5-4-8-43-12)22(35)17(13)23(36)18-16(11)24(37)20-21(33(2)3)25(38)19(28(30)41)27(40)29(20,42)26(18)39;;/h4-8,11,16,20-21,24,31,35,37-39,42H,9-10H2,1-3H3,(H2,30,41)(H,32,34);2*1H/t11?,16?,20?,21-,24?,29?;;/m0../s1. The van der Waals surface area contributed by atoms with Gasteiger partial charge in [-0.3, -0.25) is 24.1 Å². The minimum absolute atomic E-state index is 0. The maximum Gasteiger partial charge on any atom is 0.255 e. The summed E-state index contributed by atoms with van der Waals surface area (Å²) in [6, 6.07) is 5.37. The number of amides is 2. The number of aliphatic hydroxyl groups is 4. The topological polar surface area (TPSA) is 223 Å². The smallest absolute Gasteiger partial charge is 0.255 e. The first kappa shape index (κ1) is 36.0. The van der Waals surface area contributed by atoms with Crippen molar-refractivity contribution in [2.45, 2.75) is 37.1 Å². The second-order valence-electron chi connectivity index (χ2n) is 11.2. The van der Waals surface area contributed by atoms with Crippen LogP contribution in [0.15, 0.2) is 52.3 Å². The van der Waals surface area contributed by atoms with E-state index >= 15 is 0 Å². The van der Waals surface area contributed by atoms with Crippen molar-refractivity contribution in [3.63, 3.8) is 0 Å². The molecule has 9 N–H and O–H groups in total.